The minimum atomic E-state index is -4.61. The zero-order valence-electron chi connectivity index (χ0n) is 29.6. The molecule has 1 aliphatic carbocycles. The summed E-state index contributed by atoms with van der Waals surface area (Å²) in [6.45, 7) is 5.26. The lowest BCUT2D eigenvalue weighted by molar-refractivity contribution is -0.385. The fourth-order valence-corrected chi connectivity index (χ4v) is 5.96. The molecule has 4 aromatic rings. The molecule has 3 aromatic carbocycles. The summed E-state index contributed by atoms with van der Waals surface area (Å²) < 4.78 is 55.1. The molecule has 0 saturated heterocycles. The summed E-state index contributed by atoms with van der Waals surface area (Å²) in [6.07, 6.45) is -0.598. The summed E-state index contributed by atoms with van der Waals surface area (Å²) in [5, 5.41) is 18.8. The van der Waals surface area contributed by atoms with Crippen LogP contribution in [-0.2, 0) is 20.4 Å². The van der Waals surface area contributed by atoms with Crippen LogP contribution in [0.1, 0.15) is 68.8 Å². The van der Waals surface area contributed by atoms with Gasteiger partial charge in [-0.05, 0) is 80.4 Å². The Morgan fingerprint density at radius 1 is 1.00 bits per heavy atom. The number of nitro benzene ring substituents is 1. The van der Waals surface area contributed by atoms with Gasteiger partial charge in [-0.3, -0.25) is 10.1 Å². The molecule has 1 saturated carbocycles. The number of ether oxygens (including phenoxy) is 3. The van der Waals surface area contributed by atoms with Gasteiger partial charge in [-0.25, -0.2) is 19.2 Å². The maximum atomic E-state index is 12.8. The largest absolute Gasteiger partial charge is 0.463 e. The first-order chi connectivity index (χ1) is 26.1. The lowest BCUT2D eigenvalue weighted by Crippen LogP contribution is -2.46. The predicted octanol–water partition coefficient (Wildman–Crippen LogP) is 7.87. The number of benzene rings is 3. The Kier molecular flexibility index (Phi) is 14.4. The van der Waals surface area contributed by atoms with E-state index in [0.29, 0.717) is 23.3 Å². The predicted molar refractivity (Wildman–Crippen MR) is 192 cm³/mol. The van der Waals surface area contributed by atoms with Gasteiger partial charge in [0.05, 0.1) is 32.8 Å². The van der Waals surface area contributed by atoms with Crippen molar-refractivity contribution in [1.29, 1.82) is 0 Å². The number of tetrazole rings is 1. The number of nitro groups is 1. The van der Waals surface area contributed by atoms with Crippen LogP contribution >= 0.6 is 23.2 Å². The van der Waals surface area contributed by atoms with Gasteiger partial charge in [0.1, 0.15) is 17.1 Å². The Bertz CT molecular complexity index is 2090. The summed E-state index contributed by atoms with van der Waals surface area (Å²) in [7, 11) is 0. The molecule has 294 valence electrons. The van der Waals surface area contributed by atoms with E-state index in [4.69, 9.17) is 37.4 Å². The van der Waals surface area contributed by atoms with Crippen molar-refractivity contribution in [3.05, 3.63) is 102 Å². The molecule has 55 heavy (non-hydrogen) atoms. The van der Waals surface area contributed by atoms with E-state index in [1.165, 1.54) is 13.3 Å². The number of nitrogens with zero attached hydrogens (tertiary/aromatic N) is 6. The van der Waals surface area contributed by atoms with E-state index in [9.17, 15) is 42.5 Å². The minimum absolute atomic E-state index is 0.0398. The van der Waals surface area contributed by atoms with Crippen LogP contribution in [0.15, 0.2) is 65.5 Å². The van der Waals surface area contributed by atoms with Crippen molar-refractivity contribution in [2.45, 2.75) is 71.2 Å². The molecule has 0 radical (unpaired) electrons. The number of halogens is 5. The third kappa shape index (κ3) is 10.6. The number of aromatic nitrogens is 4. The Labute approximate surface area is 321 Å². The van der Waals surface area contributed by atoms with E-state index in [0.717, 1.165) is 65.4 Å². The molecule has 20 heteroatoms. The third-order valence-corrected chi connectivity index (χ3v) is 8.83. The number of carbonyl (C=O) groups is 3. The van der Waals surface area contributed by atoms with Gasteiger partial charge in [0.2, 0.25) is 0 Å². The van der Waals surface area contributed by atoms with Crippen LogP contribution in [-0.4, -0.2) is 72.9 Å². The molecule has 1 heterocycles. The summed E-state index contributed by atoms with van der Waals surface area (Å²) in [5.41, 5.74) is -2.37. The first-order valence-corrected chi connectivity index (χ1v) is 17.6. The van der Waals surface area contributed by atoms with Crippen molar-refractivity contribution in [2.75, 3.05) is 13.2 Å². The Morgan fingerprint density at radius 2 is 1.69 bits per heavy atom. The molecule has 15 nitrogen and oxygen atoms in total. The number of alkyl halides is 3. The second-order valence-electron chi connectivity index (χ2n) is 11.9. The number of carbonyl (C=O) groups excluding carboxylic acids is 3. The van der Waals surface area contributed by atoms with Gasteiger partial charge in [0.15, 0.2) is 6.10 Å². The molecular formula is C35H35Cl2F3N6O9. The number of rotatable bonds is 10. The highest BCUT2D eigenvalue weighted by Crippen LogP contribution is 2.37. The van der Waals surface area contributed by atoms with Crippen LogP contribution in [0.2, 0.25) is 10.0 Å². The Hall–Kier alpha value is -5.49. The second-order valence-corrected chi connectivity index (χ2v) is 12.7. The highest BCUT2D eigenvalue weighted by Gasteiger charge is 2.32. The van der Waals surface area contributed by atoms with Crippen molar-refractivity contribution >= 4 is 46.9 Å². The van der Waals surface area contributed by atoms with Crippen LogP contribution in [0.25, 0.3) is 5.69 Å². The molecule has 0 spiro atoms. The van der Waals surface area contributed by atoms with Crippen LogP contribution in [0.5, 0.6) is 11.5 Å². The molecule has 0 bridgehead atoms. The van der Waals surface area contributed by atoms with Crippen LogP contribution in [0.4, 0.5) is 23.7 Å². The zero-order valence-corrected chi connectivity index (χ0v) is 31.1. The van der Waals surface area contributed by atoms with Crippen LogP contribution in [0, 0.1) is 10.1 Å². The molecule has 1 atom stereocenters. The molecule has 5 rings (SSSR count). The maximum absolute atomic E-state index is 12.8. The molecular weight excluding hydrogens is 776 g/mol. The highest BCUT2D eigenvalue weighted by molar-refractivity contribution is 6.32. The zero-order chi connectivity index (χ0) is 40.4. The van der Waals surface area contributed by atoms with E-state index < -0.39 is 57.7 Å². The summed E-state index contributed by atoms with van der Waals surface area (Å²) >= 11 is 11.9. The first kappa shape index (κ1) is 42.3. The summed E-state index contributed by atoms with van der Waals surface area (Å²) in [4.78, 5) is 61.4. The van der Waals surface area contributed by atoms with E-state index in [1.807, 2.05) is 6.92 Å². The molecule has 0 aliphatic heterocycles. The van der Waals surface area contributed by atoms with Crippen molar-refractivity contribution in [2.24, 2.45) is 0 Å². The first-order valence-electron chi connectivity index (χ1n) is 16.9. The van der Waals surface area contributed by atoms with Gasteiger partial charge in [-0.1, -0.05) is 54.6 Å². The van der Waals surface area contributed by atoms with Gasteiger partial charge < -0.3 is 19.1 Å². The van der Waals surface area contributed by atoms with Gasteiger partial charge in [0, 0.05) is 24.7 Å². The van der Waals surface area contributed by atoms with Gasteiger partial charge in [-0.2, -0.15) is 17.9 Å². The topological polar surface area (TPSA) is 178 Å². The lowest BCUT2D eigenvalue weighted by atomic mass is 9.94. The van der Waals surface area contributed by atoms with Crippen molar-refractivity contribution < 1.29 is 46.7 Å². The smallest absolute Gasteiger partial charge is 0.416 e. The molecule has 1 fully saturated rings. The summed E-state index contributed by atoms with van der Waals surface area (Å²) in [6, 6.07) is 11.9. The van der Waals surface area contributed by atoms with Crippen molar-refractivity contribution in [3.8, 4) is 17.2 Å². The molecule has 1 aromatic heterocycles. The van der Waals surface area contributed by atoms with Crippen molar-refractivity contribution in [3.63, 3.8) is 0 Å². The lowest BCUT2D eigenvalue weighted by Gasteiger charge is -2.32. The van der Waals surface area contributed by atoms with Gasteiger partial charge >= 0.3 is 29.8 Å². The van der Waals surface area contributed by atoms with E-state index >= 15 is 0 Å². The normalized spacial score (nSPS) is 13.5. The fraction of sp³-hybridized carbons (Fsp3) is 0.371. The molecule has 0 N–H and O–H groups in total. The molecule has 1 unspecified atom stereocenters. The minimum Gasteiger partial charge on any atom is -0.463 e. The monoisotopic (exact) mass is 810 g/mol. The average Bonchev–Trinajstić information content (AvgIpc) is 3.53. The molecule has 1 amide bonds. The van der Waals surface area contributed by atoms with E-state index in [-0.39, 0.29) is 29.2 Å². The maximum Gasteiger partial charge on any atom is 0.416 e. The standard InChI is InChI=1S/C19H15ClF3NO7.C16H20ClN5O2/c1-3-29-17(25)10(2)30-18(26)13-9-12(5-6-15(13)24(27)28)31-16-7-4-11(8-14(16)20)19(21,22)23;1-2-20(12-8-4-3-5-9-12)15(23)22-16(24)21(18-19-22)14-11-7-6-10-13(14)17/h4-10H,3H2,1-2H3;6-7,10-12H,2-5,8-9H2,1H3. The second kappa shape index (κ2) is 18.7. The number of hydrogen-bond donors (Lipinski definition) is 0. The average molecular weight is 812 g/mol. The number of amides is 1. The third-order valence-electron chi connectivity index (χ3n) is 8.22. The Morgan fingerprint density at radius 3 is 2.29 bits per heavy atom. The van der Waals surface area contributed by atoms with Gasteiger partial charge in [-0.15, -0.1) is 4.68 Å². The quantitative estimate of drug-likeness (QED) is 0.0659. The number of esters is 2. The van der Waals surface area contributed by atoms with E-state index in [1.54, 1.807) is 36.1 Å². The SMILES string of the molecule is CCN(C(=O)n1nnn(-c2ccccc2Cl)c1=O)C1CCCCC1.CCOC(=O)C(C)OC(=O)c1cc(Oc2ccc(C(F)(F)F)cc2Cl)ccc1[N+](=O)[O-]. The fourth-order valence-electron chi connectivity index (χ4n) is 5.53. The number of hydrogen-bond acceptors (Lipinski definition) is 11. The van der Waals surface area contributed by atoms with Gasteiger partial charge in [0.25, 0.3) is 5.69 Å². The molecule has 1 aliphatic rings. The van der Waals surface area contributed by atoms with Crippen LogP contribution < -0.4 is 10.4 Å². The summed E-state index contributed by atoms with van der Waals surface area (Å²) in [5.74, 6) is -2.36. The highest BCUT2D eigenvalue weighted by atomic mass is 35.5. The Balaban J connectivity index is 0.000000252. The van der Waals surface area contributed by atoms with E-state index in [2.05, 4.69) is 10.4 Å². The van der Waals surface area contributed by atoms with Crippen LogP contribution in [0.3, 0.4) is 0 Å². The van der Waals surface area contributed by atoms with Crippen molar-refractivity contribution in [1.82, 2.24) is 24.7 Å². The number of para-hydroxylation sites is 1.